The number of hydrogen-bond acceptors (Lipinski definition) is 3. The third-order valence-corrected chi connectivity index (χ3v) is 4.60. The van der Waals surface area contributed by atoms with Crippen molar-refractivity contribution in [3.63, 3.8) is 0 Å². The van der Waals surface area contributed by atoms with Crippen molar-refractivity contribution in [2.75, 3.05) is 7.11 Å². The zero-order chi connectivity index (χ0) is 18.1. The number of ketones is 1. The monoisotopic (exact) mass is 333 g/mol. The number of para-hydroxylation sites is 1. The number of benzene rings is 2. The minimum atomic E-state index is 0.149. The van der Waals surface area contributed by atoms with Gasteiger partial charge in [-0.15, -0.1) is 0 Å². The normalized spacial score (nSPS) is 10.9. The Balaban J connectivity index is 2.36. The molecule has 0 N–H and O–H groups in total. The zero-order valence-corrected chi connectivity index (χ0v) is 15.4. The van der Waals surface area contributed by atoms with E-state index >= 15 is 0 Å². The summed E-state index contributed by atoms with van der Waals surface area (Å²) in [5.74, 6) is 1.00. The number of carbonyl (C=O) groups is 1. The lowest BCUT2D eigenvalue weighted by atomic mass is 9.91. The first-order chi connectivity index (χ1) is 12.0. The van der Waals surface area contributed by atoms with Crippen molar-refractivity contribution in [3.8, 4) is 16.9 Å². The highest BCUT2D eigenvalue weighted by atomic mass is 16.5. The standard InChI is InChI=1S/C22H23NO2/c1-6-20(24)19-12-15(4)23-22-17(19)8-7-9-18(22)21-13(2)10-16(25-5)11-14(21)3/h7-12H,6H2,1-5H3. The predicted molar refractivity (Wildman–Crippen MR) is 103 cm³/mol. The molecule has 1 aromatic heterocycles. The molecule has 3 rings (SSSR count). The maximum atomic E-state index is 12.4. The predicted octanol–water partition coefficient (Wildman–Crippen LogP) is 5.43. The first kappa shape index (κ1) is 17.2. The van der Waals surface area contributed by atoms with E-state index in [1.165, 1.54) is 0 Å². The third kappa shape index (κ3) is 3.02. The van der Waals surface area contributed by atoms with Crippen molar-refractivity contribution in [2.45, 2.75) is 34.1 Å². The van der Waals surface area contributed by atoms with Crippen molar-refractivity contribution in [3.05, 3.63) is 58.8 Å². The summed E-state index contributed by atoms with van der Waals surface area (Å²) in [5.41, 5.74) is 6.99. The Bertz CT molecular complexity index is 950. The van der Waals surface area contributed by atoms with Gasteiger partial charge in [-0.2, -0.15) is 0 Å². The van der Waals surface area contributed by atoms with E-state index in [0.29, 0.717) is 6.42 Å². The Morgan fingerprint density at radius 3 is 2.36 bits per heavy atom. The fourth-order valence-corrected chi connectivity index (χ4v) is 3.47. The van der Waals surface area contributed by atoms with Gasteiger partial charge in [0.1, 0.15) is 5.75 Å². The number of Topliss-reactive ketones (excluding diaryl/α,β-unsaturated/α-hetero) is 1. The van der Waals surface area contributed by atoms with Gasteiger partial charge in [-0.05, 0) is 55.7 Å². The van der Waals surface area contributed by atoms with Crippen LogP contribution in [0.3, 0.4) is 0 Å². The van der Waals surface area contributed by atoms with Gasteiger partial charge in [0, 0.05) is 28.6 Å². The second-order valence-electron chi connectivity index (χ2n) is 6.43. The molecule has 0 unspecified atom stereocenters. The van der Waals surface area contributed by atoms with E-state index < -0.39 is 0 Å². The van der Waals surface area contributed by atoms with Crippen LogP contribution in [-0.2, 0) is 0 Å². The number of pyridine rings is 1. The average molecular weight is 333 g/mol. The van der Waals surface area contributed by atoms with Crippen molar-refractivity contribution >= 4 is 16.7 Å². The van der Waals surface area contributed by atoms with Crippen LogP contribution in [0.15, 0.2) is 36.4 Å². The number of carbonyl (C=O) groups excluding carboxylic acids is 1. The molecule has 0 atom stereocenters. The lowest BCUT2D eigenvalue weighted by Crippen LogP contribution is -2.02. The lowest BCUT2D eigenvalue weighted by Gasteiger charge is -2.15. The molecule has 0 saturated carbocycles. The Labute approximate surface area is 148 Å². The number of aromatic nitrogens is 1. The highest BCUT2D eigenvalue weighted by molar-refractivity contribution is 6.10. The minimum Gasteiger partial charge on any atom is -0.497 e. The van der Waals surface area contributed by atoms with Crippen molar-refractivity contribution < 1.29 is 9.53 Å². The van der Waals surface area contributed by atoms with Gasteiger partial charge in [-0.25, -0.2) is 0 Å². The summed E-state index contributed by atoms with van der Waals surface area (Å²) in [7, 11) is 1.68. The van der Waals surface area contributed by atoms with Crippen LogP contribution in [0, 0.1) is 20.8 Å². The van der Waals surface area contributed by atoms with Crippen LogP contribution in [0.1, 0.15) is 40.5 Å². The molecule has 1 heterocycles. The maximum absolute atomic E-state index is 12.4. The molecule has 128 valence electrons. The molecule has 0 bridgehead atoms. The van der Waals surface area contributed by atoms with E-state index in [4.69, 9.17) is 9.72 Å². The number of methoxy groups -OCH3 is 1. The van der Waals surface area contributed by atoms with Crippen molar-refractivity contribution in [1.82, 2.24) is 4.98 Å². The SMILES string of the molecule is CCC(=O)c1cc(C)nc2c(-c3c(C)cc(OC)cc3C)cccc12. The molecule has 0 fully saturated rings. The maximum Gasteiger partial charge on any atom is 0.163 e. The number of nitrogens with zero attached hydrogens (tertiary/aromatic N) is 1. The summed E-state index contributed by atoms with van der Waals surface area (Å²) >= 11 is 0. The van der Waals surface area contributed by atoms with Crippen LogP contribution in [0.25, 0.3) is 22.0 Å². The Morgan fingerprint density at radius 2 is 1.76 bits per heavy atom. The summed E-state index contributed by atoms with van der Waals surface area (Å²) in [6.45, 7) is 8.00. The van der Waals surface area contributed by atoms with Crippen LogP contribution in [0.4, 0.5) is 0 Å². The highest BCUT2D eigenvalue weighted by Crippen LogP contribution is 2.36. The van der Waals surface area contributed by atoms with Crippen molar-refractivity contribution in [2.24, 2.45) is 0 Å². The molecule has 0 spiro atoms. The van der Waals surface area contributed by atoms with Crippen LogP contribution in [0.5, 0.6) is 5.75 Å². The first-order valence-electron chi connectivity index (χ1n) is 8.55. The molecule has 3 heteroatoms. The van der Waals surface area contributed by atoms with Crippen LogP contribution < -0.4 is 4.74 Å². The largest absolute Gasteiger partial charge is 0.497 e. The number of ether oxygens (including phenoxy) is 1. The topological polar surface area (TPSA) is 39.2 Å². The van der Waals surface area contributed by atoms with Crippen molar-refractivity contribution in [1.29, 1.82) is 0 Å². The molecular formula is C22H23NO2. The highest BCUT2D eigenvalue weighted by Gasteiger charge is 2.16. The Kier molecular flexibility index (Phi) is 4.58. The van der Waals surface area contributed by atoms with Gasteiger partial charge in [-0.1, -0.05) is 25.1 Å². The van der Waals surface area contributed by atoms with Crippen LogP contribution in [-0.4, -0.2) is 17.9 Å². The van der Waals surface area contributed by atoms with Gasteiger partial charge in [-0.3, -0.25) is 9.78 Å². The summed E-state index contributed by atoms with van der Waals surface area (Å²) in [6, 6.07) is 12.0. The van der Waals surface area contributed by atoms with E-state index in [-0.39, 0.29) is 5.78 Å². The second-order valence-corrected chi connectivity index (χ2v) is 6.43. The number of rotatable bonds is 4. The number of fused-ring (bicyclic) bond motifs is 1. The van der Waals surface area contributed by atoms with E-state index in [1.54, 1.807) is 7.11 Å². The van der Waals surface area contributed by atoms with Crippen LogP contribution >= 0.6 is 0 Å². The van der Waals surface area contributed by atoms with Gasteiger partial charge in [0.05, 0.1) is 12.6 Å². The molecule has 0 aliphatic heterocycles. The van der Waals surface area contributed by atoms with Gasteiger partial charge in [0.2, 0.25) is 0 Å². The average Bonchev–Trinajstić information content (AvgIpc) is 2.60. The van der Waals surface area contributed by atoms with E-state index in [2.05, 4.69) is 19.9 Å². The van der Waals surface area contributed by atoms with Crippen LogP contribution in [0.2, 0.25) is 0 Å². The molecular weight excluding hydrogens is 310 g/mol. The summed E-state index contributed by atoms with van der Waals surface area (Å²) in [6.07, 6.45) is 0.489. The minimum absolute atomic E-state index is 0.149. The molecule has 25 heavy (non-hydrogen) atoms. The molecule has 3 nitrogen and oxygen atoms in total. The molecule has 0 radical (unpaired) electrons. The van der Waals surface area contributed by atoms with E-state index in [1.807, 2.05) is 44.2 Å². The van der Waals surface area contributed by atoms with E-state index in [0.717, 1.165) is 50.2 Å². The van der Waals surface area contributed by atoms with Gasteiger partial charge in [0.15, 0.2) is 5.78 Å². The zero-order valence-electron chi connectivity index (χ0n) is 15.4. The van der Waals surface area contributed by atoms with Gasteiger partial charge in [0.25, 0.3) is 0 Å². The second kappa shape index (κ2) is 6.67. The number of aryl methyl sites for hydroxylation is 3. The summed E-state index contributed by atoms with van der Waals surface area (Å²) < 4.78 is 5.38. The third-order valence-electron chi connectivity index (χ3n) is 4.60. The molecule has 3 aromatic rings. The molecule has 0 saturated heterocycles. The Morgan fingerprint density at radius 1 is 1.08 bits per heavy atom. The van der Waals surface area contributed by atoms with E-state index in [9.17, 15) is 4.79 Å². The smallest absolute Gasteiger partial charge is 0.163 e. The van der Waals surface area contributed by atoms with Gasteiger partial charge >= 0.3 is 0 Å². The Hall–Kier alpha value is -2.68. The van der Waals surface area contributed by atoms with Gasteiger partial charge < -0.3 is 4.74 Å². The summed E-state index contributed by atoms with van der Waals surface area (Å²) in [5, 5.41) is 0.921. The summed E-state index contributed by atoms with van der Waals surface area (Å²) in [4.78, 5) is 17.2. The molecule has 0 aliphatic rings. The molecule has 0 aliphatic carbocycles. The fraction of sp³-hybridized carbons (Fsp3) is 0.273. The first-order valence-corrected chi connectivity index (χ1v) is 8.55. The molecule has 2 aromatic carbocycles. The fourth-order valence-electron chi connectivity index (χ4n) is 3.47. The number of hydrogen-bond donors (Lipinski definition) is 0. The quantitative estimate of drug-likeness (QED) is 0.598. The molecule has 0 amide bonds. The lowest BCUT2D eigenvalue weighted by molar-refractivity contribution is 0.0989.